The highest BCUT2D eigenvalue weighted by Crippen LogP contribution is 2.35. The summed E-state index contributed by atoms with van der Waals surface area (Å²) < 4.78 is 0. The number of anilines is 1. The zero-order valence-electron chi connectivity index (χ0n) is 13.7. The van der Waals surface area contributed by atoms with E-state index in [0.29, 0.717) is 23.2 Å². The van der Waals surface area contributed by atoms with Crippen LogP contribution in [-0.4, -0.2) is 31.8 Å². The van der Waals surface area contributed by atoms with Gasteiger partial charge in [-0.15, -0.1) is 22.0 Å². The zero-order valence-corrected chi connectivity index (χ0v) is 15.3. The van der Waals surface area contributed by atoms with Crippen LogP contribution >= 0.6 is 23.1 Å². The molecule has 1 fully saturated rings. The molecule has 8 heteroatoms. The molecule has 2 aromatic rings. The van der Waals surface area contributed by atoms with Crippen molar-refractivity contribution in [1.82, 2.24) is 20.2 Å². The van der Waals surface area contributed by atoms with Gasteiger partial charge in [0.15, 0.2) is 0 Å². The fraction of sp³-hybridized carbons (Fsp3) is 0.562. The van der Waals surface area contributed by atoms with Crippen LogP contribution in [0.5, 0.6) is 0 Å². The maximum atomic E-state index is 12.0. The van der Waals surface area contributed by atoms with Crippen LogP contribution in [0.25, 0.3) is 0 Å². The van der Waals surface area contributed by atoms with E-state index in [0.717, 1.165) is 15.7 Å². The molecule has 0 spiro atoms. The lowest BCUT2D eigenvalue weighted by Gasteiger charge is -2.18. The van der Waals surface area contributed by atoms with Crippen LogP contribution in [0.4, 0.5) is 5.13 Å². The van der Waals surface area contributed by atoms with Gasteiger partial charge in [-0.3, -0.25) is 4.79 Å². The number of hydrogen-bond donors (Lipinski definition) is 1. The topological polar surface area (TPSA) is 80.7 Å². The van der Waals surface area contributed by atoms with E-state index >= 15 is 0 Å². The SMILES string of the molecule is Cc1cc(SCCC(=O)Nc2nnc(C3CCCCC3)s2)ncn1. The average Bonchev–Trinajstić information content (AvgIpc) is 3.04. The van der Waals surface area contributed by atoms with Gasteiger partial charge in [0.25, 0.3) is 0 Å². The molecule has 128 valence electrons. The van der Waals surface area contributed by atoms with Crippen LogP contribution in [0.1, 0.15) is 55.1 Å². The molecular weight excluding hydrogens is 342 g/mol. The normalized spacial score (nSPS) is 15.4. The summed E-state index contributed by atoms with van der Waals surface area (Å²) in [7, 11) is 0. The van der Waals surface area contributed by atoms with Gasteiger partial charge in [0.05, 0.1) is 5.03 Å². The van der Waals surface area contributed by atoms with Crippen molar-refractivity contribution < 1.29 is 4.79 Å². The molecule has 2 aromatic heterocycles. The highest BCUT2D eigenvalue weighted by molar-refractivity contribution is 7.99. The lowest BCUT2D eigenvalue weighted by Crippen LogP contribution is -2.12. The van der Waals surface area contributed by atoms with Gasteiger partial charge < -0.3 is 5.32 Å². The monoisotopic (exact) mass is 363 g/mol. The van der Waals surface area contributed by atoms with Crippen LogP contribution in [-0.2, 0) is 4.79 Å². The first-order chi connectivity index (χ1) is 11.7. The Morgan fingerprint density at radius 3 is 2.92 bits per heavy atom. The van der Waals surface area contributed by atoms with Crippen LogP contribution < -0.4 is 5.32 Å². The summed E-state index contributed by atoms with van der Waals surface area (Å²) in [6.45, 7) is 1.93. The minimum absolute atomic E-state index is 0.0281. The Bertz CT molecular complexity index is 685. The highest BCUT2D eigenvalue weighted by Gasteiger charge is 2.20. The van der Waals surface area contributed by atoms with Crippen LogP contribution in [0.2, 0.25) is 0 Å². The molecule has 1 saturated carbocycles. The highest BCUT2D eigenvalue weighted by atomic mass is 32.2. The lowest BCUT2D eigenvalue weighted by molar-refractivity contribution is -0.115. The molecule has 0 aromatic carbocycles. The molecule has 0 atom stereocenters. The van der Waals surface area contributed by atoms with Gasteiger partial charge in [-0.1, -0.05) is 30.6 Å². The van der Waals surface area contributed by atoms with Crippen LogP contribution in [0.3, 0.4) is 0 Å². The molecule has 0 radical (unpaired) electrons. The van der Waals surface area contributed by atoms with Crippen molar-refractivity contribution in [3.63, 3.8) is 0 Å². The first-order valence-electron chi connectivity index (χ1n) is 8.25. The molecule has 1 amide bonds. The van der Waals surface area contributed by atoms with Crippen molar-refractivity contribution in [2.45, 2.75) is 56.4 Å². The van der Waals surface area contributed by atoms with E-state index in [1.807, 2.05) is 13.0 Å². The molecule has 2 heterocycles. The third kappa shape index (κ3) is 4.98. The fourth-order valence-electron chi connectivity index (χ4n) is 2.74. The number of nitrogens with zero attached hydrogens (tertiary/aromatic N) is 4. The van der Waals surface area contributed by atoms with Crippen LogP contribution in [0.15, 0.2) is 17.4 Å². The molecule has 0 bridgehead atoms. The number of carbonyl (C=O) groups excluding carboxylic acids is 1. The first kappa shape index (κ1) is 17.3. The zero-order chi connectivity index (χ0) is 16.8. The van der Waals surface area contributed by atoms with E-state index in [-0.39, 0.29) is 5.91 Å². The van der Waals surface area contributed by atoms with Crippen molar-refractivity contribution in [3.05, 3.63) is 23.1 Å². The summed E-state index contributed by atoms with van der Waals surface area (Å²) in [6.07, 6.45) is 8.22. The molecule has 3 rings (SSSR count). The van der Waals surface area contributed by atoms with E-state index < -0.39 is 0 Å². The minimum Gasteiger partial charge on any atom is -0.301 e. The van der Waals surface area contributed by atoms with Crippen molar-refractivity contribution >= 4 is 34.1 Å². The van der Waals surface area contributed by atoms with E-state index in [1.165, 1.54) is 43.4 Å². The molecule has 0 saturated heterocycles. The van der Waals surface area contributed by atoms with E-state index in [2.05, 4.69) is 25.5 Å². The lowest BCUT2D eigenvalue weighted by atomic mass is 9.90. The summed E-state index contributed by atoms with van der Waals surface area (Å²) in [6, 6.07) is 1.92. The third-order valence-electron chi connectivity index (χ3n) is 4.00. The second-order valence-electron chi connectivity index (χ2n) is 5.92. The summed E-state index contributed by atoms with van der Waals surface area (Å²) in [5.74, 6) is 1.18. The Labute approximate surface area is 149 Å². The minimum atomic E-state index is -0.0281. The smallest absolute Gasteiger partial charge is 0.227 e. The van der Waals surface area contributed by atoms with Gasteiger partial charge in [0.2, 0.25) is 11.0 Å². The molecule has 1 aliphatic carbocycles. The van der Waals surface area contributed by atoms with Gasteiger partial charge in [-0.05, 0) is 25.8 Å². The van der Waals surface area contributed by atoms with E-state index in [4.69, 9.17) is 0 Å². The number of aryl methyl sites for hydroxylation is 1. The largest absolute Gasteiger partial charge is 0.301 e. The number of rotatable bonds is 6. The maximum Gasteiger partial charge on any atom is 0.227 e. The summed E-state index contributed by atoms with van der Waals surface area (Å²) in [5, 5.41) is 13.8. The Kier molecular flexibility index (Phi) is 6.14. The molecule has 6 nitrogen and oxygen atoms in total. The number of thioether (sulfide) groups is 1. The van der Waals surface area contributed by atoms with Gasteiger partial charge >= 0.3 is 0 Å². The number of amides is 1. The average molecular weight is 364 g/mol. The van der Waals surface area contributed by atoms with E-state index in [9.17, 15) is 4.79 Å². The van der Waals surface area contributed by atoms with Crippen molar-refractivity contribution in [1.29, 1.82) is 0 Å². The van der Waals surface area contributed by atoms with Gasteiger partial charge in [0.1, 0.15) is 11.3 Å². The van der Waals surface area contributed by atoms with Crippen molar-refractivity contribution in [2.75, 3.05) is 11.1 Å². The molecule has 0 aliphatic heterocycles. The van der Waals surface area contributed by atoms with E-state index in [1.54, 1.807) is 18.1 Å². The Balaban J connectivity index is 1.44. The first-order valence-corrected chi connectivity index (χ1v) is 10.1. The second kappa shape index (κ2) is 8.53. The molecule has 24 heavy (non-hydrogen) atoms. The number of carbonyl (C=O) groups is 1. The van der Waals surface area contributed by atoms with Crippen molar-refractivity contribution in [2.24, 2.45) is 0 Å². The fourth-order valence-corrected chi connectivity index (χ4v) is 4.54. The molecule has 0 unspecified atom stereocenters. The van der Waals surface area contributed by atoms with Crippen molar-refractivity contribution in [3.8, 4) is 0 Å². The number of aromatic nitrogens is 4. The Hall–Kier alpha value is -1.54. The Morgan fingerprint density at radius 2 is 2.12 bits per heavy atom. The second-order valence-corrected chi connectivity index (χ2v) is 8.05. The standard InChI is InChI=1S/C16H21N5OS2/c1-11-9-14(18-10-17-11)23-8-7-13(22)19-16-21-20-15(24-16)12-5-3-2-4-6-12/h9-10,12H,2-8H2,1H3,(H,19,21,22). The molecule has 1 aliphatic rings. The number of hydrogen-bond acceptors (Lipinski definition) is 7. The summed E-state index contributed by atoms with van der Waals surface area (Å²) >= 11 is 3.07. The molecule has 1 N–H and O–H groups in total. The quantitative estimate of drug-likeness (QED) is 0.621. The predicted molar refractivity (Wildman–Crippen MR) is 96.5 cm³/mol. The van der Waals surface area contributed by atoms with Gasteiger partial charge in [-0.25, -0.2) is 9.97 Å². The van der Waals surface area contributed by atoms with Crippen LogP contribution in [0, 0.1) is 6.92 Å². The number of nitrogens with one attached hydrogen (secondary N) is 1. The Morgan fingerprint density at radius 1 is 1.29 bits per heavy atom. The third-order valence-corrected chi connectivity index (χ3v) is 5.93. The maximum absolute atomic E-state index is 12.0. The molecular formula is C16H21N5OS2. The summed E-state index contributed by atoms with van der Waals surface area (Å²) in [5.41, 5.74) is 0.932. The van der Waals surface area contributed by atoms with Gasteiger partial charge in [-0.2, -0.15) is 0 Å². The van der Waals surface area contributed by atoms with Gasteiger partial charge in [0, 0.05) is 23.8 Å². The summed E-state index contributed by atoms with van der Waals surface area (Å²) in [4.78, 5) is 20.3. The predicted octanol–water partition coefficient (Wildman–Crippen LogP) is 3.81.